The molecule has 29 heavy (non-hydrogen) atoms. The topological polar surface area (TPSA) is 86.7 Å². The Kier molecular flexibility index (Phi) is 10.0. The third-order valence-corrected chi connectivity index (χ3v) is 5.96. The van der Waals surface area contributed by atoms with Crippen LogP contribution in [-0.2, 0) is 16.6 Å². The lowest BCUT2D eigenvalue weighted by Crippen LogP contribution is -2.47. The highest BCUT2D eigenvalue weighted by Crippen LogP contribution is 2.30. The summed E-state index contributed by atoms with van der Waals surface area (Å²) >= 11 is 0. The second-order valence-corrected chi connectivity index (χ2v) is 8.23. The fourth-order valence-electron chi connectivity index (χ4n) is 2.77. The normalized spacial score (nSPS) is 16.9. The lowest BCUT2D eigenvalue weighted by Gasteiger charge is -2.31. The van der Waals surface area contributed by atoms with E-state index in [-0.39, 0.29) is 55.2 Å². The maximum atomic E-state index is 13.6. The van der Waals surface area contributed by atoms with Gasteiger partial charge in [-0.05, 0) is 37.8 Å². The van der Waals surface area contributed by atoms with Gasteiger partial charge >= 0.3 is 15.5 Å². The van der Waals surface area contributed by atoms with Crippen LogP contribution in [0.2, 0.25) is 0 Å². The van der Waals surface area contributed by atoms with E-state index in [1.165, 1.54) is 18.3 Å². The molecule has 13 heteroatoms. The monoisotopic (exact) mass is 553 g/mol. The Bertz CT molecular complexity index is 784. The van der Waals surface area contributed by atoms with Crippen molar-refractivity contribution in [1.82, 2.24) is 19.9 Å². The molecule has 1 saturated heterocycles. The van der Waals surface area contributed by atoms with Crippen LogP contribution in [0.5, 0.6) is 0 Å². The smallest absolute Gasteiger partial charge is 0.357 e. The van der Waals surface area contributed by atoms with Crippen LogP contribution < -0.4 is 10.6 Å². The number of guanidine groups is 1. The molecule has 0 unspecified atom stereocenters. The molecular weight excluding hydrogens is 529 g/mol. The molecule has 1 aliphatic rings. The van der Waals surface area contributed by atoms with Gasteiger partial charge in [0.1, 0.15) is 5.82 Å². The van der Waals surface area contributed by atoms with Crippen LogP contribution in [0, 0.1) is 11.7 Å². The minimum atomic E-state index is -5.27. The van der Waals surface area contributed by atoms with E-state index in [2.05, 4.69) is 20.6 Å². The molecule has 0 amide bonds. The van der Waals surface area contributed by atoms with Crippen LogP contribution >= 0.6 is 24.0 Å². The summed E-state index contributed by atoms with van der Waals surface area (Å²) in [6.07, 6.45) is 2.07. The Hall–Kier alpha value is -1.22. The lowest BCUT2D eigenvalue weighted by atomic mass is 9.98. The summed E-state index contributed by atoms with van der Waals surface area (Å²) in [5, 5.41) is 6.06. The molecule has 1 aromatic heterocycles. The van der Waals surface area contributed by atoms with E-state index >= 15 is 0 Å². The molecule has 1 aliphatic heterocycles. The second-order valence-electron chi connectivity index (χ2n) is 6.30. The van der Waals surface area contributed by atoms with Crippen molar-refractivity contribution in [1.29, 1.82) is 0 Å². The van der Waals surface area contributed by atoms with Gasteiger partial charge in [0.25, 0.3) is 0 Å². The highest BCUT2D eigenvalue weighted by atomic mass is 127. The fraction of sp³-hybridized carbons (Fsp3) is 0.625. The third kappa shape index (κ3) is 7.20. The minimum absolute atomic E-state index is 0. The van der Waals surface area contributed by atoms with Gasteiger partial charge in [-0.25, -0.2) is 17.8 Å². The first-order valence-electron chi connectivity index (χ1n) is 8.83. The molecule has 1 aromatic rings. The first-order valence-corrected chi connectivity index (χ1v) is 10.3. The van der Waals surface area contributed by atoms with Crippen molar-refractivity contribution in [3.63, 3.8) is 0 Å². The van der Waals surface area contributed by atoms with Gasteiger partial charge in [0.15, 0.2) is 5.96 Å². The zero-order valence-corrected chi connectivity index (χ0v) is 18.9. The van der Waals surface area contributed by atoms with Gasteiger partial charge in [0.05, 0.1) is 12.2 Å². The van der Waals surface area contributed by atoms with Crippen molar-refractivity contribution in [2.24, 2.45) is 10.9 Å². The fourth-order valence-corrected chi connectivity index (χ4v) is 3.76. The molecule has 7 nitrogen and oxygen atoms in total. The number of sulfonamides is 1. The van der Waals surface area contributed by atoms with Gasteiger partial charge in [-0.2, -0.15) is 17.5 Å². The molecule has 0 radical (unpaired) electrons. The Balaban J connectivity index is 0.00000420. The number of alkyl halides is 3. The van der Waals surface area contributed by atoms with Gasteiger partial charge in [0, 0.05) is 32.4 Å². The number of aliphatic imine (C=N–C) groups is 1. The molecule has 0 aliphatic carbocycles. The zero-order valence-electron chi connectivity index (χ0n) is 15.7. The SMILES string of the molecule is CCNC(=NCc1ncccc1F)NCC1CCN(S(=O)(=O)C(F)(F)F)CC1.I. The van der Waals surface area contributed by atoms with E-state index in [1.54, 1.807) is 0 Å². The summed E-state index contributed by atoms with van der Waals surface area (Å²) in [4.78, 5) is 8.17. The Morgan fingerprint density at radius 3 is 2.52 bits per heavy atom. The van der Waals surface area contributed by atoms with E-state index in [4.69, 9.17) is 0 Å². The van der Waals surface area contributed by atoms with Crippen LogP contribution in [0.15, 0.2) is 23.3 Å². The largest absolute Gasteiger partial charge is 0.511 e. The maximum absolute atomic E-state index is 13.6. The first-order chi connectivity index (χ1) is 13.1. The van der Waals surface area contributed by atoms with Crippen molar-refractivity contribution in [3.05, 3.63) is 29.8 Å². The summed E-state index contributed by atoms with van der Waals surface area (Å²) in [5.41, 5.74) is -5.07. The highest BCUT2D eigenvalue weighted by Gasteiger charge is 2.50. The average Bonchev–Trinajstić information content (AvgIpc) is 2.64. The molecule has 0 saturated carbocycles. The summed E-state index contributed by atoms with van der Waals surface area (Å²) in [6, 6.07) is 2.78. The minimum Gasteiger partial charge on any atom is -0.357 e. The standard InChI is InChI=1S/C16H23F4N5O2S.HI/c1-2-21-15(24-11-14-13(17)4-3-7-22-14)23-10-12-5-8-25(9-6-12)28(26,27)16(18,19)20;/h3-4,7,12H,2,5-6,8-11H2,1H3,(H2,21,23,24);1H. The molecule has 0 bridgehead atoms. The van der Waals surface area contributed by atoms with Gasteiger partial charge in [-0.15, -0.1) is 24.0 Å². The van der Waals surface area contributed by atoms with Gasteiger partial charge < -0.3 is 10.6 Å². The van der Waals surface area contributed by atoms with Gasteiger partial charge in [-0.3, -0.25) is 4.98 Å². The summed E-state index contributed by atoms with van der Waals surface area (Å²) in [5.74, 6) is -0.0339. The number of hydrogen-bond acceptors (Lipinski definition) is 4. The number of halogens is 5. The maximum Gasteiger partial charge on any atom is 0.511 e. The predicted octanol–water partition coefficient (Wildman–Crippen LogP) is 2.46. The number of hydrogen-bond donors (Lipinski definition) is 2. The molecule has 0 aromatic carbocycles. The van der Waals surface area contributed by atoms with Crippen LogP contribution in [0.3, 0.4) is 0 Å². The van der Waals surface area contributed by atoms with Crippen molar-refractivity contribution in [2.75, 3.05) is 26.2 Å². The summed E-state index contributed by atoms with van der Waals surface area (Å²) in [7, 11) is -5.27. The van der Waals surface area contributed by atoms with Gasteiger partial charge in [0.2, 0.25) is 0 Å². The lowest BCUT2D eigenvalue weighted by molar-refractivity contribution is -0.0496. The van der Waals surface area contributed by atoms with Crippen LogP contribution in [0.1, 0.15) is 25.5 Å². The number of nitrogens with zero attached hydrogens (tertiary/aromatic N) is 3. The molecule has 0 spiro atoms. The van der Waals surface area contributed by atoms with E-state index in [0.717, 1.165) is 0 Å². The van der Waals surface area contributed by atoms with Crippen LogP contribution in [0.25, 0.3) is 0 Å². The van der Waals surface area contributed by atoms with E-state index in [1.807, 2.05) is 6.92 Å². The predicted molar refractivity (Wildman–Crippen MR) is 112 cm³/mol. The summed E-state index contributed by atoms with van der Waals surface area (Å²) < 4.78 is 74.8. The Morgan fingerprint density at radius 1 is 1.31 bits per heavy atom. The second kappa shape index (κ2) is 11.2. The quantitative estimate of drug-likeness (QED) is 0.245. The molecule has 2 rings (SSSR count). The van der Waals surface area contributed by atoms with Crippen LogP contribution in [-0.4, -0.2) is 55.4 Å². The first kappa shape index (κ1) is 25.8. The van der Waals surface area contributed by atoms with Crippen LogP contribution in [0.4, 0.5) is 17.6 Å². The van der Waals surface area contributed by atoms with Crippen molar-refractivity contribution in [3.8, 4) is 0 Å². The van der Waals surface area contributed by atoms with Crippen molar-refractivity contribution < 1.29 is 26.0 Å². The van der Waals surface area contributed by atoms with Crippen molar-refractivity contribution >= 4 is 40.0 Å². The zero-order chi connectivity index (χ0) is 20.8. The Morgan fingerprint density at radius 2 is 1.97 bits per heavy atom. The molecule has 166 valence electrons. The van der Waals surface area contributed by atoms with Gasteiger partial charge in [-0.1, -0.05) is 0 Å². The third-order valence-electron chi connectivity index (χ3n) is 4.33. The summed E-state index contributed by atoms with van der Waals surface area (Å²) in [6.45, 7) is 2.51. The number of pyridine rings is 1. The van der Waals surface area contributed by atoms with E-state index in [0.29, 0.717) is 36.2 Å². The average molecular weight is 553 g/mol. The highest BCUT2D eigenvalue weighted by molar-refractivity contribution is 14.0. The molecular formula is C16H24F4IN5O2S. The molecule has 2 heterocycles. The Labute approximate surface area is 184 Å². The number of rotatable bonds is 6. The molecule has 2 N–H and O–H groups in total. The van der Waals surface area contributed by atoms with Crippen molar-refractivity contribution in [2.45, 2.75) is 31.8 Å². The van der Waals surface area contributed by atoms with E-state index < -0.39 is 21.3 Å². The number of piperidine rings is 1. The molecule has 0 atom stereocenters. The number of aromatic nitrogens is 1. The molecule has 1 fully saturated rings. The van der Waals surface area contributed by atoms with E-state index in [9.17, 15) is 26.0 Å². The number of nitrogens with one attached hydrogen (secondary N) is 2.